The van der Waals surface area contributed by atoms with Gasteiger partial charge in [0.25, 0.3) is 0 Å². The fourth-order valence-corrected chi connectivity index (χ4v) is 2.84. The number of ether oxygens (including phenoxy) is 1. The Morgan fingerprint density at radius 1 is 1.14 bits per heavy atom. The van der Waals surface area contributed by atoms with E-state index >= 15 is 0 Å². The van der Waals surface area contributed by atoms with E-state index in [4.69, 9.17) is 4.74 Å². The normalized spacial score (nSPS) is 15.4. The molecule has 0 radical (unpaired) electrons. The minimum atomic E-state index is -0.415. The molecule has 2 aromatic rings. The van der Waals surface area contributed by atoms with E-state index < -0.39 is 5.41 Å². The summed E-state index contributed by atoms with van der Waals surface area (Å²) in [4.78, 5) is 12.1. The lowest BCUT2D eigenvalue weighted by molar-refractivity contribution is -0.146. The lowest BCUT2D eigenvalue weighted by atomic mass is 9.93. The van der Waals surface area contributed by atoms with Crippen molar-refractivity contribution in [3.63, 3.8) is 0 Å². The van der Waals surface area contributed by atoms with Crippen molar-refractivity contribution in [1.29, 1.82) is 0 Å². The van der Waals surface area contributed by atoms with Crippen LogP contribution < -0.4 is 0 Å². The van der Waals surface area contributed by atoms with Crippen LogP contribution in [-0.2, 0) is 21.6 Å². The SMILES string of the molecule is CCOC(=O)C1(c2ccc(-c3cccc(CO)c3)cc2)CC1. The average molecular weight is 296 g/mol. The molecule has 1 aliphatic rings. The Morgan fingerprint density at radius 3 is 2.45 bits per heavy atom. The van der Waals surface area contributed by atoms with E-state index in [2.05, 4.69) is 0 Å². The van der Waals surface area contributed by atoms with Crippen LogP contribution in [0.2, 0.25) is 0 Å². The maximum Gasteiger partial charge on any atom is 0.316 e. The smallest absolute Gasteiger partial charge is 0.316 e. The van der Waals surface area contributed by atoms with Gasteiger partial charge in [0.1, 0.15) is 0 Å². The van der Waals surface area contributed by atoms with Gasteiger partial charge in [0.05, 0.1) is 18.6 Å². The third-order valence-electron chi connectivity index (χ3n) is 4.30. The number of hydrogen-bond acceptors (Lipinski definition) is 3. The summed E-state index contributed by atoms with van der Waals surface area (Å²) in [5, 5.41) is 9.23. The Kier molecular flexibility index (Phi) is 3.99. The van der Waals surface area contributed by atoms with Gasteiger partial charge in [-0.25, -0.2) is 0 Å². The zero-order chi connectivity index (χ0) is 15.6. The number of carbonyl (C=O) groups excluding carboxylic acids is 1. The summed E-state index contributed by atoms with van der Waals surface area (Å²) in [6.45, 7) is 2.30. The first-order valence-electron chi connectivity index (χ1n) is 7.67. The maximum absolute atomic E-state index is 12.1. The van der Waals surface area contributed by atoms with Crippen molar-refractivity contribution in [2.75, 3.05) is 6.61 Å². The van der Waals surface area contributed by atoms with E-state index in [0.717, 1.165) is 35.1 Å². The quantitative estimate of drug-likeness (QED) is 0.860. The minimum Gasteiger partial charge on any atom is -0.465 e. The largest absolute Gasteiger partial charge is 0.465 e. The molecule has 0 aliphatic heterocycles. The Balaban J connectivity index is 1.85. The Bertz CT molecular complexity index is 669. The molecule has 3 heteroatoms. The molecule has 0 aromatic heterocycles. The van der Waals surface area contributed by atoms with Crippen molar-refractivity contribution < 1.29 is 14.6 Å². The summed E-state index contributed by atoms with van der Waals surface area (Å²) in [5.74, 6) is -0.106. The minimum absolute atomic E-state index is 0.0396. The van der Waals surface area contributed by atoms with Crippen molar-refractivity contribution in [2.24, 2.45) is 0 Å². The number of aliphatic hydroxyl groups excluding tert-OH is 1. The van der Waals surface area contributed by atoms with Gasteiger partial charge < -0.3 is 9.84 Å². The van der Waals surface area contributed by atoms with E-state index in [1.54, 1.807) is 0 Å². The molecule has 0 spiro atoms. The molecule has 22 heavy (non-hydrogen) atoms. The first kappa shape index (κ1) is 14.8. The molecule has 1 aliphatic carbocycles. The highest BCUT2D eigenvalue weighted by molar-refractivity contribution is 5.86. The van der Waals surface area contributed by atoms with E-state index in [9.17, 15) is 9.90 Å². The molecule has 3 rings (SSSR count). The number of esters is 1. The van der Waals surface area contributed by atoms with Crippen LogP contribution in [-0.4, -0.2) is 17.7 Å². The lowest BCUT2D eigenvalue weighted by Gasteiger charge is -2.14. The Morgan fingerprint density at radius 2 is 1.86 bits per heavy atom. The van der Waals surface area contributed by atoms with Crippen molar-refractivity contribution in [1.82, 2.24) is 0 Å². The van der Waals surface area contributed by atoms with Crippen LogP contribution in [0, 0.1) is 0 Å². The molecule has 1 N–H and O–H groups in total. The lowest BCUT2D eigenvalue weighted by Crippen LogP contribution is -2.23. The van der Waals surface area contributed by atoms with Crippen molar-refractivity contribution >= 4 is 5.97 Å². The van der Waals surface area contributed by atoms with Crippen LogP contribution in [0.3, 0.4) is 0 Å². The second kappa shape index (κ2) is 5.93. The van der Waals surface area contributed by atoms with Crippen LogP contribution >= 0.6 is 0 Å². The van der Waals surface area contributed by atoms with E-state index in [1.807, 2.05) is 55.5 Å². The summed E-state index contributed by atoms with van der Waals surface area (Å²) in [6.07, 6.45) is 1.73. The molecule has 2 aromatic carbocycles. The number of benzene rings is 2. The Labute approximate surface area is 130 Å². The first-order valence-corrected chi connectivity index (χ1v) is 7.67. The van der Waals surface area contributed by atoms with Gasteiger partial charge in [-0.15, -0.1) is 0 Å². The van der Waals surface area contributed by atoms with Crippen molar-refractivity contribution in [3.8, 4) is 11.1 Å². The fraction of sp³-hybridized carbons (Fsp3) is 0.316. The summed E-state index contributed by atoms with van der Waals surface area (Å²) in [7, 11) is 0. The number of rotatable bonds is 5. The Hall–Kier alpha value is -2.13. The molecular formula is C19H20O3. The van der Waals surface area contributed by atoms with Gasteiger partial charge in [-0.1, -0.05) is 42.5 Å². The topological polar surface area (TPSA) is 46.5 Å². The first-order chi connectivity index (χ1) is 10.7. The molecule has 0 atom stereocenters. The second-order valence-corrected chi connectivity index (χ2v) is 5.74. The monoisotopic (exact) mass is 296 g/mol. The molecule has 1 saturated carbocycles. The third-order valence-corrected chi connectivity index (χ3v) is 4.30. The molecule has 0 heterocycles. The van der Waals surface area contributed by atoms with Gasteiger partial charge in [0.15, 0.2) is 0 Å². The molecule has 0 saturated heterocycles. The van der Waals surface area contributed by atoms with E-state index in [1.165, 1.54) is 0 Å². The molecule has 0 unspecified atom stereocenters. The van der Waals surface area contributed by atoms with Gasteiger partial charge >= 0.3 is 5.97 Å². The van der Waals surface area contributed by atoms with Crippen LogP contribution in [0.25, 0.3) is 11.1 Å². The summed E-state index contributed by atoms with van der Waals surface area (Å²) >= 11 is 0. The summed E-state index contributed by atoms with van der Waals surface area (Å²) in [6, 6.07) is 15.9. The maximum atomic E-state index is 12.1. The highest BCUT2D eigenvalue weighted by atomic mass is 16.5. The molecule has 0 amide bonds. The van der Waals surface area contributed by atoms with Gasteiger partial charge in [-0.2, -0.15) is 0 Å². The molecule has 114 valence electrons. The van der Waals surface area contributed by atoms with Gasteiger partial charge in [0.2, 0.25) is 0 Å². The second-order valence-electron chi connectivity index (χ2n) is 5.74. The van der Waals surface area contributed by atoms with Crippen LogP contribution in [0.5, 0.6) is 0 Å². The predicted molar refractivity (Wildman–Crippen MR) is 85.3 cm³/mol. The van der Waals surface area contributed by atoms with Crippen molar-refractivity contribution in [2.45, 2.75) is 31.8 Å². The molecular weight excluding hydrogens is 276 g/mol. The fourth-order valence-electron chi connectivity index (χ4n) is 2.84. The zero-order valence-corrected chi connectivity index (χ0v) is 12.7. The number of aliphatic hydroxyl groups is 1. The number of carbonyl (C=O) groups is 1. The predicted octanol–water partition coefficient (Wildman–Crippen LogP) is 3.44. The van der Waals surface area contributed by atoms with E-state index in [0.29, 0.717) is 6.61 Å². The molecule has 0 bridgehead atoms. The zero-order valence-electron chi connectivity index (χ0n) is 12.7. The van der Waals surface area contributed by atoms with E-state index in [-0.39, 0.29) is 12.6 Å². The standard InChI is InChI=1S/C19H20O3/c1-2-22-18(21)19(10-11-19)17-8-6-15(7-9-17)16-5-3-4-14(12-16)13-20/h3-9,12,20H,2,10-11,13H2,1H3. The van der Waals surface area contributed by atoms with Crippen LogP contribution in [0.4, 0.5) is 0 Å². The summed E-state index contributed by atoms with van der Waals surface area (Å²) in [5.41, 5.74) is 3.67. The van der Waals surface area contributed by atoms with Crippen LogP contribution in [0.1, 0.15) is 30.9 Å². The average Bonchev–Trinajstić information content (AvgIpc) is 3.37. The highest BCUT2D eigenvalue weighted by Crippen LogP contribution is 2.49. The third kappa shape index (κ3) is 2.64. The van der Waals surface area contributed by atoms with Crippen LogP contribution in [0.15, 0.2) is 48.5 Å². The molecule has 1 fully saturated rings. The highest BCUT2D eigenvalue weighted by Gasteiger charge is 2.52. The summed E-state index contributed by atoms with van der Waals surface area (Å²) < 4.78 is 5.20. The van der Waals surface area contributed by atoms with Crippen molar-refractivity contribution in [3.05, 3.63) is 59.7 Å². The van der Waals surface area contributed by atoms with Gasteiger partial charge in [-0.05, 0) is 48.1 Å². The van der Waals surface area contributed by atoms with Gasteiger partial charge in [0, 0.05) is 0 Å². The number of hydrogen-bond donors (Lipinski definition) is 1. The molecule has 3 nitrogen and oxygen atoms in total. The van der Waals surface area contributed by atoms with Gasteiger partial charge in [-0.3, -0.25) is 4.79 Å².